The Kier molecular flexibility index (Phi) is 5.12. The van der Waals surface area contributed by atoms with Crippen molar-refractivity contribution in [3.63, 3.8) is 0 Å². The summed E-state index contributed by atoms with van der Waals surface area (Å²) in [5, 5.41) is 10.5. The lowest BCUT2D eigenvalue weighted by molar-refractivity contribution is -0.173. The number of aromatic amines is 1. The number of alkyl halides is 3. The van der Waals surface area contributed by atoms with Crippen molar-refractivity contribution in [1.82, 2.24) is 20.8 Å². The number of nitrogens with one attached hydrogen (secondary N) is 3. The number of H-pyrrole nitrogens is 1. The Labute approximate surface area is 113 Å². The Bertz CT molecular complexity index is 482. The van der Waals surface area contributed by atoms with Gasteiger partial charge >= 0.3 is 12.1 Å². The number of rotatable bonds is 5. The van der Waals surface area contributed by atoms with Crippen LogP contribution in [0, 0.1) is 0 Å². The number of aromatic nitrogens is 2. The van der Waals surface area contributed by atoms with E-state index in [-0.39, 0.29) is 24.7 Å². The van der Waals surface area contributed by atoms with Crippen LogP contribution in [0.1, 0.15) is 35.9 Å². The van der Waals surface area contributed by atoms with Crippen LogP contribution in [0.3, 0.4) is 0 Å². The summed E-state index contributed by atoms with van der Waals surface area (Å²) >= 11 is 0. The fourth-order valence-corrected chi connectivity index (χ4v) is 1.29. The molecule has 0 aliphatic carbocycles. The molecule has 1 aromatic heterocycles. The summed E-state index contributed by atoms with van der Waals surface area (Å²) in [6, 6.07) is 1.56. The van der Waals surface area contributed by atoms with E-state index in [1.807, 2.05) is 13.8 Å². The molecule has 0 bridgehead atoms. The molecule has 1 heterocycles. The Balaban J connectivity index is 2.35. The van der Waals surface area contributed by atoms with E-state index in [1.54, 1.807) is 11.4 Å². The van der Waals surface area contributed by atoms with Gasteiger partial charge in [0.1, 0.15) is 5.69 Å². The van der Waals surface area contributed by atoms with E-state index in [1.165, 1.54) is 0 Å². The smallest absolute Gasteiger partial charge is 0.349 e. The van der Waals surface area contributed by atoms with Crippen molar-refractivity contribution in [3.8, 4) is 0 Å². The van der Waals surface area contributed by atoms with Gasteiger partial charge in [-0.1, -0.05) is 13.8 Å². The van der Waals surface area contributed by atoms with Gasteiger partial charge in [-0.2, -0.15) is 18.3 Å². The Morgan fingerprint density at radius 3 is 2.40 bits per heavy atom. The van der Waals surface area contributed by atoms with Crippen LogP contribution >= 0.6 is 0 Å². The Morgan fingerprint density at radius 1 is 1.30 bits per heavy atom. The lowest BCUT2D eigenvalue weighted by Gasteiger charge is -2.08. The van der Waals surface area contributed by atoms with Crippen LogP contribution in [-0.2, 0) is 4.79 Å². The van der Waals surface area contributed by atoms with Crippen molar-refractivity contribution in [2.75, 3.05) is 13.1 Å². The van der Waals surface area contributed by atoms with Gasteiger partial charge in [0.15, 0.2) is 0 Å². The zero-order valence-corrected chi connectivity index (χ0v) is 11.0. The molecule has 0 atom stereocenters. The van der Waals surface area contributed by atoms with Crippen LogP contribution in [0.2, 0.25) is 0 Å². The third-order valence-corrected chi connectivity index (χ3v) is 2.41. The van der Waals surface area contributed by atoms with Gasteiger partial charge in [-0.25, -0.2) is 0 Å². The average Bonchev–Trinajstić information content (AvgIpc) is 2.82. The Morgan fingerprint density at radius 2 is 1.90 bits per heavy atom. The highest BCUT2D eigenvalue weighted by molar-refractivity contribution is 5.92. The van der Waals surface area contributed by atoms with Crippen molar-refractivity contribution in [2.45, 2.75) is 25.9 Å². The van der Waals surface area contributed by atoms with E-state index in [0.29, 0.717) is 0 Å². The van der Waals surface area contributed by atoms with Gasteiger partial charge in [0.2, 0.25) is 0 Å². The molecule has 0 unspecified atom stereocenters. The van der Waals surface area contributed by atoms with Gasteiger partial charge in [-0.3, -0.25) is 14.7 Å². The molecular formula is C11H15F3N4O2. The maximum Gasteiger partial charge on any atom is 0.471 e. The SMILES string of the molecule is CC(C)c1cc(C(=O)NCCNC(=O)C(F)(F)F)n[nH]1. The van der Waals surface area contributed by atoms with Gasteiger partial charge in [0.05, 0.1) is 0 Å². The summed E-state index contributed by atoms with van der Waals surface area (Å²) in [6.45, 7) is 3.40. The predicted molar refractivity (Wildman–Crippen MR) is 64.1 cm³/mol. The largest absolute Gasteiger partial charge is 0.471 e. The summed E-state index contributed by atoms with van der Waals surface area (Å²) in [4.78, 5) is 22.1. The van der Waals surface area contributed by atoms with Crippen molar-refractivity contribution in [1.29, 1.82) is 0 Å². The molecule has 9 heteroatoms. The molecule has 0 aliphatic heterocycles. The van der Waals surface area contributed by atoms with Crippen LogP contribution in [-0.4, -0.2) is 41.3 Å². The van der Waals surface area contributed by atoms with Crippen LogP contribution in [0.5, 0.6) is 0 Å². The first-order valence-electron chi connectivity index (χ1n) is 5.90. The van der Waals surface area contributed by atoms with Crippen LogP contribution in [0.25, 0.3) is 0 Å². The molecule has 3 N–H and O–H groups in total. The monoisotopic (exact) mass is 292 g/mol. The molecule has 2 amide bonds. The van der Waals surface area contributed by atoms with Gasteiger partial charge in [-0.05, 0) is 12.0 Å². The molecule has 0 saturated carbocycles. The molecule has 0 saturated heterocycles. The normalized spacial score (nSPS) is 11.5. The fraction of sp³-hybridized carbons (Fsp3) is 0.545. The van der Waals surface area contributed by atoms with E-state index in [9.17, 15) is 22.8 Å². The molecule has 6 nitrogen and oxygen atoms in total. The van der Waals surface area contributed by atoms with Gasteiger partial charge in [0, 0.05) is 18.8 Å². The molecule has 0 fully saturated rings. The van der Waals surface area contributed by atoms with Gasteiger partial charge < -0.3 is 10.6 Å². The first-order chi connectivity index (χ1) is 9.21. The maximum atomic E-state index is 11.9. The lowest BCUT2D eigenvalue weighted by Crippen LogP contribution is -2.41. The number of halogens is 3. The molecule has 1 rings (SSSR count). The van der Waals surface area contributed by atoms with Crippen LogP contribution in [0.15, 0.2) is 6.07 Å². The molecule has 20 heavy (non-hydrogen) atoms. The summed E-state index contributed by atoms with van der Waals surface area (Å²) in [5.41, 5.74) is 0.927. The van der Waals surface area contributed by atoms with E-state index in [2.05, 4.69) is 15.5 Å². The third kappa shape index (κ3) is 4.56. The highest BCUT2D eigenvalue weighted by Crippen LogP contribution is 2.13. The zero-order chi connectivity index (χ0) is 15.3. The predicted octanol–water partition coefficient (Wildman–Crippen LogP) is 0.941. The van der Waals surface area contributed by atoms with Crippen molar-refractivity contribution < 1.29 is 22.8 Å². The summed E-state index contributed by atoms with van der Waals surface area (Å²) in [5.74, 6) is -2.38. The highest BCUT2D eigenvalue weighted by Gasteiger charge is 2.38. The number of carbonyl (C=O) groups is 2. The fourth-order valence-electron chi connectivity index (χ4n) is 1.29. The molecule has 0 aliphatic rings. The molecule has 112 valence electrons. The molecule has 0 radical (unpaired) electrons. The summed E-state index contributed by atoms with van der Waals surface area (Å²) in [7, 11) is 0. The summed E-state index contributed by atoms with van der Waals surface area (Å²) in [6.07, 6.45) is -4.92. The minimum atomic E-state index is -4.92. The number of amides is 2. The van der Waals surface area contributed by atoms with E-state index in [0.717, 1.165) is 5.69 Å². The number of carbonyl (C=O) groups excluding carboxylic acids is 2. The molecular weight excluding hydrogens is 277 g/mol. The second kappa shape index (κ2) is 6.40. The topological polar surface area (TPSA) is 86.9 Å². The van der Waals surface area contributed by atoms with Crippen molar-refractivity contribution in [2.24, 2.45) is 0 Å². The maximum absolute atomic E-state index is 11.9. The highest BCUT2D eigenvalue weighted by atomic mass is 19.4. The minimum Gasteiger partial charge on any atom is -0.349 e. The second-order valence-corrected chi connectivity index (χ2v) is 4.37. The zero-order valence-electron chi connectivity index (χ0n) is 11.0. The van der Waals surface area contributed by atoms with E-state index >= 15 is 0 Å². The van der Waals surface area contributed by atoms with E-state index in [4.69, 9.17) is 0 Å². The molecule has 0 spiro atoms. The Hall–Kier alpha value is -2.06. The number of hydrogen-bond acceptors (Lipinski definition) is 3. The molecule has 1 aromatic rings. The van der Waals surface area contributed by atoms with Crippen LogP contribution in [0.4, 0.5) is 13.2 Å². The van der Waals surface area contributed by atoms with Gasteiger partial charge in [-0.15, -0.1) is 0 Å². The quantitative estimate of drug-likeness (QED) is 0.706. The molecule has 0 aromatic carbocycles. The van der Waals surface area contributed by atoms with E-state index < -0.39 is 18.0 Å². The number of hydrogen-bond donors (Lipinski definition) is 3. The van der Waals surface area contributed by atoms with Crippen molar-refractivity contribution in [3.05, 3.63) is 17.5 Å². The van der Waals surface area contributed by atoms with Crippen molar-refractivity contribution >= 4 is 11.8 Å². The first-order valence-corrected chi connectivity index (χ1v) is 5.90. The van der Waals surface area contributed by atoms with Gasteiger partial charge in [0.25, 0.3) is 5.91 Å². The van der Waals surface area contributed by atoms with Crippen LogP contribution < -0.4 is 10.6 Å². The average molecular weight is 292 g/mol. The lowest BCUT2D eigenvalue weighted by atomic mass is 10.1. The first kappa shape index (κ1) is 16.0. The number of nitrogens with zero attached hydrogens (tertiary/aromatic N) is 1. The second-order valence-electron chi connectivity index (χ2n) is 4.37. The summed E-state index contributed by atoms with van der Waals surface area (Å²) < 4.78 is 35.6. The standard InChI is InChI=1S/C11H15F3N4O2/c1-6(2)7-5-8(18-17-7)9(19)15-3-4-16-10(20)11(12,13)14/h5-6H,3-4H2,1-2H3,(H,15,19)(H,16,20)(H,17,18). The third-order valence-electron chi connectivity index (χ3n) is 2.41. The minimum absolute atomic E-state index is 0.121.